The lowest BCUT2D eigenvalue weighted by Crippen LogP contribution is -2.49. The van der Waals surface area contributed by atoms with E-state index in [1.807, 2.05) is 31.3 Å². The van der Waals surface area contributed by atoms with Crippen molar-refractivity contribution in [2.45, 2.75) is 32.2 Å². The summed E-state index contributed by atoms with van der Waals surface area (Å²) in [7, 11) is 0. The number of piperazine rings is 1. The van der Waals surface area contributed by atoms with Crippen molar-refractivity contribution < 1.29 is 14.4 Å². The molecule has 3 fully saturated rings. The molecule has 4 amide bonds. The molecule has 0 aliphatic carbocycles. The molecule has 0 bridgehead atoms. The largest absolute Gasteiger partial charge is 0.381 e. The van der Waals surface area contributed by atoms with E-state index in [0.29, 0.717) is 25.4 Å². The summed E-state index contributed by atoms with van der Waals surface area (Å²) < 4.78 is 1.08. The quantitative estimate of drug-likeness (QED) is 0.207. The number of thiophene rings is 1. The number of imide groups is 1. The molecule has 7 heterocycles. The van der Waals surface area contributed by atoms with Gasteiger partial charge in [-0.15, -0.1) is 11.3 Å². The van der Waals surface area contributed by atoms with Gasteiger partial charge in [0.15, 0.2) is 0 Å². The molecule has 3 aromatic heterocycles. The van der Waals surface area contributed by atoms with Crippen molar-refractivity contribution >= 4 is 73.1 Å². The molecular weight excluding hydrogens is 687 g/mol. The van der Waals surface area contributed by atoms with E-state index >= 15 is 0 Å². The van der Waals surface area contributed by atoms with E-state index in [9.17, 15) is 14.4 Å². The molecule has 0 saturated carbocycles. The first-order valence-electron chi connectivity index (χ1n) is 18.7. The lowest BCUT2D eigenvalue weighted by Gasteiger charge is -2.39. The Hall–Kier alpha value is -5.27. The van der Waals surface area contributed by atoms with Crippen molar-refractivity contribution in [2.75, 3.05) is 78.9 Å². The van der Waals surface area contributed by atoms with Gasteiger partial charge in [0.25, 0.3) is 5.91 Å². The van der Waals surface area contributed by atoms with Crippen LogP contribution in [0.25, 0.3) is 32.2 Å². The number of nitrogens with one attached hydrogen (secondary N) is 3. The normalized spacial score (nSPS) is 20.3. The fourth-order valence-corrected chi connectivity index (χ4v) is 9.26. The third-order valence-electron chi connectivity index (χ3n) is 11.1. The Kier molecular flexibility index (Phi) is 8.83. The molecule has 13 heteroatoms. The number of pyridine rings is 2. The van der Waals surface area contributed by atoms with Gasteiger partial charge < -0.3 is 20.4 Å². The number of amides is 4. The minimum Gasteiger partial charge on any atom is -0.381 e. The molecule has 272 valence electrons. The van der Waals surface area contributed by atoms with Crippen LogP contribution in [0.3, 0.4) is 0 Å². The Morgan fingerprint density at radius 3 is 2.38 bits per heavy atom. The first kappa shape index (κ1) is 33.6. The number of hydrogen-bond acceptors (Lipinski definition) is 10. The van der Waals surface area contributed by atoms with E-state index in [4.69, 9.17) is 9.97 Å². The van der Waals surface area contributed by atoms with Gasteiger partial charge in [-0.1, -0.05) is 0 Å². The molecule has 4 aliphatic heterocycles. The van der Waals surface area contributed by atoms with Gasteiger partial charge in [0.1, 0.15) is 10.7 Å². The lowest BCUT2D eigenvalue weighted by atomic mass is 9.95. The van der Waals surface area contributed by atoms with E-state index in [1.165, 1.54) is 17.0 Å². The summed E-state index contributed by atoms with van der Waals surface area (Å²) in [4.78, 5) is 56.2. The zero-order valence-corrected chi connectivity index (χ0v) is 30.6. The van der Waals surface area contributed by atoms with Crippen LogP contribution in [-0.4, -0.2) is 97.7 Å². The van der Waals surface area contributed by atoms with Gasteiger partial charge in [0.05, 0.1) is 16.9 Å². The summed E-state index contributed by atoms with van der Waals surface area (Å²) in [6.07, 6.45) is 4.59. The molecular formula is C40H43N9O3S. The van der Waals surface area contributed by atoms with Crippen LogP contribution in [0.2, 0.25) is 0 Å². The van der Waals surface area contributed by atoms with Crippen molar-refractivity contribution in [3.05, 3.63) is 71.7 Å². The van der Waals surface area contributed by atoms with Gasteiger partial charge >= 0.3 is 6.03 Å². The second-order valence-corrected chi connectivity index (χ2v) is 15.7. The van der Waals surface area contributed by atoms with Crippen LogP contribution in [0.4, 0.5) is 27.7 Å². The fourth-order valence-electron chi connectivity index (χ4n) is 8.16. The second kappa shape index (κ2) is 13.9. The van der Waals surface area contributed by atoms with E-state index < -0.39 is 0 Å². The van der Waals surface area contributed by atoms with Gasteiger partial charge in [0, 0.05) is 110 Å². The average Bonchev–Trinajstić information content (AvgIpc) is 3.50. The number of nitrogens with zero attached hydrogens (tertiary/aromatic N) is 6. The zero-order chi connectivity index (χ0) is 36.1. The summed E-state index contributed by atoms with van der Waals surface area (Å²) in [5.41, 5.74) is 5.69. The number of aromatic nitrogens is 2. The predicted octanol–water partition coefficient (Wildman–Crippen LogP) is 5.54. The van der Waals surface area contributed by atoms with Crippen LogP contribution < -0.4 is 30.7 Å². The van der Waals surface area contributed by atoms with E-state index in [0.717, 1.165) is 113 Å². The Balaban J connectivity index is 0.778. The Morgan fingerprint density at radius 1 is 0.830 bits per heavy atom. The first-order chi connectivity index (χ1) is 25.9. The third-order valence-corrected chi connectivity index (χ3v) is 12.3. The molecule has 4 aliphatic rings. The van der Waals surface area contributed by atoms with Crippen LogP contribution in [0.5, 0.6) is 0 Å². The average molecular weight is 730 g/mol. The van der Waals surface area contributed by atoms with Crippen LogP contribution >= 0.6 is 11.3 Å². The van der Waals surface area contributed by atoms with Gasteiger partial charge in [-0.25, -0.2) is 14.8 Å². The highest BCUT2D eigenvalue weighted by atomic mass is 32.1. The molecule has 53 heavy (non-hydrogen) atoms. The molecule has 3 saturated heterocycles. The van der Waals surface area contributed by atoms with Gasteiger partial charge in [-0.3, -0.25) is 24.7 Å². The third kappa shape index (κ3) is 6.63. The summed E-state index contributed by atoms with van der Waals surface area (Å²) in [5.74, 6) is 1.45. The summed E-state index contributed by atoms with van der Waals surface area (Å²) in [5, 5.41) is 11.1. The number of anilines is 4. The smallest absolute Gasteiger partial charge is 0.328 e. The second-order valence-electron chi connectivity index (χ2n) is 14.7. The highest BCUT2D eigenvalue weighted by Crippen LogP contribution is 2.41. The SMILES string of the molecule is C[C@@H]1CNc2c(sc3ccc4nc(-c5ccc(N6CCN(CC7CCN(c8ccc(N9CCC(=O)NC9=O)cc8)CC7)CC6)nc5)ccc4c23)C(=O)N1. The Morgan fingerprint density at radius 2 is 1.62 bits per heavy atom. The monoisotopic (exact) mass is 729 g/mol. The van der Waals surface area contributed by atoms with Crippen molar-refractivity contribution in [3.8, 4) is 11.3 Å². The standard InChI is InChI=1S/C40H43N9O3S/c1-25-22-42-37-36-30-7-8-31(44-32(30)9-10-33(36)53-38(37)39(51)43-25)27-2-11-34(41-23-27)48-20-18-46(19-21-48)24-26-12-15-47(16-13-26)28-3-5-29(6-4-28)49-17-14-35(50)45-40(49)52/h2-11,23,25-26,42H,12-22,24H2,1H3,(H,43,51)(H,45,50,52)/t25-/m1/s1. The number of urea groups is 1. The summed E-state index contributed by atoms with van der Waals surface area (Å²) in [6.45, 7) is 10.3. The van der Waals surface area contributed by atoms with Gasteiger partial charge in [-0.05, 0) is 86.3 Å². The number of carbonyl (C=O) groups excluding carboxylic acids is 3. The highest BCUT2D eigenvalue weighted by molar-refractivity contribution is 7.21. The van der Waals surface area contributed by atoms with E-state index in [2.05, 4.69) is 73.1 Å². The van der Waals surface area contributed by atoms with Crippen LogP contribution in [-0.2, 0) is 4.79 Å². The maximum Gasteiger partial charge on any atom is 0.328 e. The molecule has 12 nitrogen and oxygen atoms in total. The molecule has 2 aromatic carbocycles. The van der Waals surface area contributed by atoms with E-state index in [-0.39, 0.29) is 23.9 Å². The molecule has 1 atom stereocenters. The number of carbonyl (C=O) groups is 3. The lowest BCUT2D eigenvalue weighted by molar-refractivity contribution is -0.120. The topological polar surface area (TPSA) is 126 Å². The molecule has 9 rings (SSSR count). The fraction of sp³-hybridized carbons (Fsp3) is 0.375. The summed E-state index contributed by atoms with van der Waals surface area (Å²) in [6, 6.07) is 20.4. The van der Waals surface area contributed by atoms with Crippen molar-refractivity contribution in [2.24, 2.45) is 5.92 Å². The van der Waals surface area contributed by atoms with Crippen molar-refractivity contribution in [3.63, 3.8) is 0 Å². The maximum absolute atomic E-state index is 12.8. The number of fused-ring (bicyclic) bond motifs is 5. The van der Waals surface area contributed by atoms with Crippen molar-refractivity contribution in [1.29, 1.82) is 0 Å². The van der Waals surface area contributed by atoms with Crippen LogP contribution in [0, 0.1) is 5.92 Å². The Labute approximate surface area is 312 Å². The summed E-state index contributed by atoms with van der Waals surface area (Å²) >= 11 is 1.53. The number of benzene rings is 2. The zero-order valence-electron chi connectivity index (χ0n) is 29.8. The number of hydrogen-bond donors (Lipinski definition) is 3. The van der Waals surface area contributed by atoms with Gasteiger partial charge in [-0.2, -0.15) is 0 Å². The van der Waals surface area contributed by atoms with Gasteiger partial charge in [0.2, 0.25) is 5.91 Å². The maximum atomic E-state index is 12.8. The number of rotatable bonds is 6. The highest BCUT2D eigenvalue weighted by Gasteiger charge is 2.28. The van der Waals surface area contributed by atoms with E-state index in [1.54, 1.807) is 4.90 Å². The molecule has 3 N–H and O–H groups in total. The molecule has 0 spiro atoms. The molecule has 0 unspecified atom stereocenters. The minimum atomic E-state index is -0.347. The minimum absolute atomic E-state index is 0.0190. The number of piperidine rings is 1. The van der Waals surface area contributed by atoms with Crippen LogP contribution in [0.15, 0.2) is 66.9 Å². The predicted molar refractivity (Wildman–Crippen MR) is 211 cm³/mol. The van der Waals surface area contributed by atoms with Crippen molar-refractivity contribution in [1.82, 2.24) is 25.5 Å². The Bertz CT molecular complexity index is 2190. The first-order valence-corrected chi connectivity index (χ1v) is 19.5. The molecule has 5 aromatic rings. The van der Waals surface area contributed by atoms with Crippen LogP contribution in [0.1, 0.15) is 35.9 Å². The molecule has 0 radical (unpaired) electrons.